The predicted octanol–water partition coefficient (Wildman–Crippen LogP) is 17.2. The Hall–Kier alpha value is -3.78. The van der Waals surface area contributed by atoms with Crippen LogP contribution in [0.4, 0.5) is 10.0 Å². The zero-order valence-corrected chi connectivity index (χ0v) is 44.0. The number of thiophene rings is 6. The van der Waals surface area contributed by atoms with Crippen molar-refractivity contribution in [3.05, 3.63) is 93.7 Å². The monoisotopic (exact) mass is 994 g/mol. The van der Waals surface area contributed by atoms with E-state index in [1.54, 1.807) is 68.0 Å². The Bertz CT molecular complexity index is 2450. The molecular weight excluding hydrogens is 929 g/mol. The largest absolute Gasteiger partial charge is 0.391 e. The minimum atomic E-state index is -0.0127. The summed E-state index contributed by atoms with van der Waals surface area (Å²) < 4.78 is 0. The number of amides is 2. The minimum absolute atomic E-state index is 0.0127. The van der Waals surface area contributed by atoms with Gasteiger partial charge in [0.1, 0.15) is 0 Å². The summed E-state index contributed by atoms with van der Waals surface area (Å²) in [6, 6.07) is 25.6. The number of rotatable bonds is 26. The molecule has 4 N–H and O–H groups in total. The lowest BCUT2D eigenvalue weighted by Gasteiger charge is -2.29. The van der Waals surface area contributed by atoms with Gasteiger partial charge >= 0.3 is 0 Å². The highest BCUT2D eigenvalue weighted by Gasteiger charge is 2.50. The van der Waals surface area contributed by atoms with E-state index in [2.05, 4.69) is 98.2 Å². The van der Waals surface area contributed by atoms with Crippen LogP contribution in [0.15, 0.2) is 83.9 Å². The van der Waals surface area contributed by atoms with Crippen molar-refractivity contribution >= 4 is 101 Å². The van der Waals surface area contributed by atoms with E-state index >= 15 is 9.59 Å². The standard InChI is InChI=1S/C54H66N4O2S6/c1-5-9-13-15-19-35(17-11-7-3)33-57-51(45-27-25-39(63-45)37-21-23-41(61-37)43-29-31-47(55)65-43)49-50(53(57)59)52(58(54(49)60)34-36(18-12-8-4)20-16-14-10-6-2)46-28-26-40(64-46)38-22-24-42(62-38)44-30-32-48(56)66-44/h21-32,35-36H,5-20,33-34,55-56H2,1-4H3. The molecule has 0 spiro atoms. The van der Waals surface area contributed by atoms with E-state index in [0.717, 1.165) is 105 Å². The number of nitrogens with two attached hydrogens (primary N) is 2. The Kier molecular flexibility index (Phi) is 17.0. The van der Waals surface area contributed by atoms with Crippen molar-refractivity contribution in [2.45, 2.75) is 130 Å². The fourth-order valence-corrected chi connectivity index (χ4v) is 15.6. The van der Waals surface area contributed by atoms with E-state index < -0.39 is 0 Å². The summed E-state index contributed by atoms with van der Waals surface area (Å²) in [5, 5.41) is 1.62. The van der Waals surface area contributed by atoms with Crippen LogP contribution in [0.3, 0.4) is 0 Å². The smallest absolute Gasteiger partial charge is 0.261 e. The van der Waals surface area contributed by atoms with Gasteiger partial charge in [0.15, 0.2) is 0 Å². The van der Waals surface area contributed by atoms with Gasteiger partial charge < -0.3 is 21.3 Å². The summed E-state index contributed by atoms with van der Waals surface area (Å²) in [4.78, 5) is 46.7. The number of anilines is 2. The number of carbonyl (C=O) groups is 2. The molecule has 66 heavy (non-hydrogen) atoms. The maximum atomic E-state index is 15.7. The lowest BCUT2D eigenvalue weighted by molar-refractivity contribution is -0.124. The second kappa shape index (κ2) is 23.0. The fourth-order valence-electron chi connectivity index (χ4n) is 9.50. The van der Waals surface area contributed by atoms with Gasteiger partial charge in [-0.05, 0) is 110 Å². The van der Waals surface area contributed by atoms with Crippen LogP contribution in [0.5, 0.6) is 0 Å². The highest BCUT2D eigenvalue weighted by molar-refractivity contribution is 7.28. The summed E-state index contributed by atoms with van der Waals surface area (Å²) in [7, 11) is 0. The molecule has 12 heteroatoms. The molecule has 2 atom stereocenters. The molecule has 350 valence electrons. The quantitative estimate of drug-likeness (QED) is 0.0530. The Balaban J connectivity index is 1.23. The van der Waals surface area contributed by atoms with Gasteiger partial charge in [0.25, 0.3) is 11.8 Å². The SMILES string of the molecule is CCCCCCC(CCCC)CN1C(=O)C2=C(c3ccc(-c4ccc(-c5ccc(N)s5)s4)s3)N(CC(CCCC)CCCCCC)C(=O)C2=C1c1ccc(-c2ccc(-c3ccc(N)s3)s2)s1. The van der Waals surface area contributed by atoms with Gasteiger partial charge in [-0.3, -0.25) is 9.59 Å². The Morgan fingerprint density at radius 1 is 0.379 bits per heavy atom. The van der Waals surface area contributed by atoms with Crippen LogP contribution in [0.25, 0.3) is 50.4 Å². The molecule has 6 nitrogen and oxygen atoms in total. The Morgan fingerprint density at radius 3 is 0.985 bits per heavy atom. The topological polar surface area (TPSA) is 92.7 Å². The van der Waals surface area contributed by atoms with Crippen molar-refractivity contribution in [2.24, 2.45) is 11.8 Å². The van der Waals surface area contributed by atoms with Crippen LogP contribution in [-0.2, 0) is 9.59 Å². The molecule has 0 aliphatic carbocycles. The van der Waals surface area contributed by atoms with Crippen LogP contribution < -0.4 is 11.5 Å². The third-order valence-corrected chi connectivity index (χ3v) is 20.0. The molecule has 2 unspecified atom stereocenters. The summed E-state index contributed by atoms with van der Waals surface area (Å²) in [5.74, 6) is 0.687. The third kappa shape index (κ3) is 11.1. The molecule has 0 saturated carbocycles. The summed E-state index contributed by atoms with van der Waals surface area (Å²) in [6.45, 7) is 10.3. The molecule has 2 aliphatic heterocycles. The molecule has 2 amide bonds. The van der Waals surface area contributed by atoms with Crippen molar-refractivity contribution in [1.82, 2.24) is 9.80 Å². The second-order valence-electron chi connectivity index (χ2n) is 18.1. The lowest BCUT2D eigenvalue weighted by Crippen LogP contribution is -2.34. The van der Waals surface area contributed by atoms with Gasteiger partial charge in [0, 0.05) is 52.1 Å². The molecule has 0 aromatic carbocycles. The lowest BCUT2D eigenvalue weighted by atomic mass is 9.94. The molecule has 6 aromatic heterocycles. The first kappa shape index (κ1) is 48.7. The molecule has 8 rings (SSSR count). The molecular formula is C54H66N4O2S6. The molecule has 0 bridgehead atoms. The van der Waals surface area contributed by atoms with Crippen LogP contribution in [-0.4, -0.2) is 34.7 Å². The number of carbonyl (C=O) groups excluding carboxylic acids is 2. The molecule has 8 heterocycles. The first-order valence-corrected chi connectivity index (χ1v) is 29.4. The first-order valence-electron chi connectivity index (χ1n) is 24.5. The third-order valence-electron chi connectivity index (χ3n) is 13.0. The van der Waals surface area contributed by atoms with Gasteiger partial charge in [-0.2, -0.15) is 0 Å². The Morgan fingerprint density at radius 2 is 0.667 bits per heavy atom. The predicted molar refractivity (Wildman–Crippen MR) is 292 cm³/mol. The maximum absolute atomic E-state index is 15.7. The van der Waals surface area contributed by atoms with E-state index in [1.807, 2.05) is 12.1 Å². The van der Waals surface area contributed by atoms with E-state index in [1.165, 1.54) is 67.8 Å². The van der Waals surface area contributed by atoms with Gasteiger partial charge in [-0.1, -0.05) is 105 Å². The van der Waals surface area contributed by atoms with Crippen molar-refractivity contribution < 1.29 is 9.59 Å². The summed E-state index contributed by atoms with van der Waals surface area (Å²) >= 11 is 10.2. The highest BCUT2D eigenvalue weighted by atomic mass is 32.1. The fraction of sp³-hybridized carbons (Fsp3) is 0.444. The van der Waals surface area contributed by atoms with Crippen LogP contribution in [0.2, 0.25) is 0 Å². The number of hydrogen-bond donors (Lipinski definition) is 2. The normalized spacial score (nSPS) is 15.0. The number of fused-ring (bicyclic) bond motifs is 1. The average Bonchev–Trinajstić information content (AvgIpc) is 4.17. The van der Waals surface area contributed by atoms with E-state index in [4.69, 9.17) is 11.5 Å². The average molecular weight is 996 g/mol. The van der Waals surface area contributed by atoms with E-state index in [-0.39, 0.29) is 11.8 Å². The van der Waals surface area contributed by atoms with Crippen molar-refractivity contribution in [1.29, 1.82) is 0 Å². The van der Waals surface area contributed by atoms with Crippen molar-refractivity contribution in [3.63, 3.8) is 0 Å². The maximum Gasteiger partial charge on any atom is 0.261 e. The van der Waals surface area contributed by atoms with Gasteiger partial charge in [-0.25, -0.2) is 0 Å². The molecule has 0 fully saturated rings. The molecule has 0 radical (unpaired) electrons. The van der Waals surface area contributed by atoms with E-state index in [0.29, 0.717) is 36.1 Å². The zero-order valence-electron chi connectivity index (χ0n) is 39.1. The second-order valence-corrected chi connectivity index (χ2v) is 24.6. The summed E-state index contributed by atoms with van der Waals surface area (Å²) in [5.41, 5.74) is 15.1. The van der Waals surface area contributed by atoms with Crippen LogP contribution >= 0.6 is 68.0 Å². The van der Waals surface area contributed by atoms with Gasteiger partial charge in [-0.15, -0.1) is 68.0 Å². The van der Waals surface area contributed by atoms with Crippen molar-refractivity contribution in [3.8, 4) is 39.0 Å². The van der Waals surface area contributed by atoms with E-state index in [9.17, 15) is 0 Å². The van der Waals surface area contributed by atoms with Gasteiger partial charge in [0.05, 0.1) is 42.3 Å². The van der Waals surface area contributed by atoms with Crippen LogP contribution in [0, 0.1) is 11.8 Å². The molecule has 6 aromatic rings. The van der Waals surface area contributed by atoms with Crippen molar-refractivity contribution in [2.75, 3.05) is 24.6 Å². The number of nitrogens with zero attached hydrogens (tertiary/aromatic N) is 2. The zero-order chi connectivity index (χ0) is 46.2. The molecule has 2 aliphatic rings. The highest BCUT2D eigenvalue weighted by Crippen LogP contribution is 2.52. The summed E-state index contributed by atoms with van der Waals surface area (Å²) in [6.07, 6.45) is 18.5. The number of hydrogen-bond acceptors (Lipinski definition) is 10. The van der Waals surface area contributed by atoms with Crippen LogP contribution in [0.1, 0.15) is 140 Å². The minimum Gasteiger partial charge on any atom is -0.391 e. The first-order chi connectivity index (χ1) is 32.2. The number of nitrogen functional groups attached to an aromatic ring is 2. The van der Waals surface area contributed by atoms with Gasteiger partial charge in [0.2, 0.25) is 0 Å². The number of unbranched alkanes of at least 4 members (excludes halogenated alkanes) is 8. The molecule has 0 saturated heterocycles. The Labute approximate surface area is 417 Å².